The second kappa shape index (κ2) is 16.5. The molecule has 4 atom stereocenters. The van der Waals surface area contributed by atoms with E-state index in [1.165, 1.54) is 12.1 Å². The van der Waals surface area contributed by atoms with E-state index >= 15 is 0 Å². The maximum absolute atomic E-state index is 13.3. The molecule has 1 aromatic carbocycles. The van der Waals surface area contributed by atoms with Gasteiger partial charge in [0.25, 0.3) is 0 Å². The summed E-state index contributed by atoms with van der Waals surface area (Å²) >= 11 is 0. The molecule has 0 spiro atoms. The Morgan fingerprint density at radius 1 is 0.875 bits per heavy atom. The number of carbonyl (C=O) groups is 5. The molecule has 4 unspecified atom stereocenters. The zero-order chi connectivity index (χ0) is 30.4. The number of aromatic hydroxyl groups is 1. The Labute approximate surface area is 231 Å². The SMILES string of the molecule is CC(C)CC(NC(=O)C(Cc1ccc(O)cc1)NC(=O)C(N)CCCN=C(N)N)C(=O)NC(CC(=O)O)C(=O)O. The summed E-state index contributed by atoms with van der Waals surface area (Å²) in [5, 5.41) is 35.1. The van der Waals surface area contributed by atoms with Crippen LogP contribution in [0.5, 0.6) is 5.75 Å². The number of aliphatic carboxylic acids is 2. The number of nitrogens with one attached hydrogen (secondary N) is 3. The maximum Gasteiger partial charge on any atom is 0.326 e. The van der Waals surface area contributed by atoms with Crippen LogP contribution in [0.4, 0.5) is 0 Å². The fourth-order valence-corrected chi connectivity index (χ4v) is 3.63. The summed E-state index contributed by atoms with van der Waals surface area (Å²) in [7, 11) is 0. The molecule has 0 saturated heterocycles. The lowest BCUT2D eigenvalue weighted by atomic mass is 10.00. The smallest absolute Gasteiger partial charge is 0.326 e. The monoisotopic (exact) mass is 565 g/mol. The molecule has 0 aliphatic carbocycles. The van der Waals surface area contributed by atoms with Crippen molar-refractivity contribution in [3.05, 3.63) is 29.8 Å². The minimum atomic E-state index is -1.71. The van der Waals surface area contributed by atoms with E-state index in [9.17, 15) is 34.2 Å². The van der Waals surface area contributed by atoms with Gasteiger partial charge in [-0.1, -0.05) is 26.0 Å². The van der Waals surface area contributed by atoms with E-state index in [4.69, 9.17) is 22.3 Å². The number of phenolic OH excluding ortho intramolecular Hbond substituents is 1. The van der Waals surface area contributed by atoms with Crippen molar-refractivity contribution < 1.29 is 39.3 Å². The van der Waals surface area contributed by atoms with Crippen LogP contribution in [0, 0.1) is 5.92 Å². The van der Waals surface area contributed by atoms with Gasteiger partial charge in [0, 0.05) is 13.0 Å². The van der Waals surface area contributed by atoms with Gasteiger partial charge in [0.05, 0.1) is 12.5 Å². The summed E-state index contributed by atoms with van der Waals surface area (Å²) in [6.07, 6.45) is -0.162. The number of rotatable bonds is 17. The summed E-state index contributed by atoms with van der Waals surface area (Å²) in [6, 6.07) is 0.799. The van der Waals surface area contributed by atoms with Gasteiger partial charge in [0.1, 0.15) is 23.9 Å². The number of nitrogens with two attached hydrogens (primary N) is 3. The average Bonchev–Trinajstić information content (AvgIpc) is 2.85. The van der Waals surface area contributed by atoms with Gasteiger partial charge in [-0.3, -0.25) is 24.2 Å². The quantitative estimate of drug-likeness (QED) is 0.0587. The van der Waals surface area contributed by atoms with Crippen LogP contribution < -0.4 is 33.2 Å². The Kier molecular flexibility index (Phi) is 13.9. The molecule has 3 amide bonds. The Morgan fingerprint density at radius 2 is 1.43 bits per heavy atom. The number of carbonyl (C=O) groups excluding carboxylic acids is 3. The van der Waals surface area contributed by atoms with Crippen LogP contribution in [0.15, 0.2) is 29.3 Å². The topological polar surface area (TPSA) is 273 Å². The first kappa shape index (κ1) is 33.6. The molecule has 0 aromatic heterocycles. The van der Waals surface area contributed by atoms with Gasteiger partial charge >= 0.3 is 11.9 Å². The normalized spacial score (nSPS) is 13.8. The van der Waals surface area contributed by atoms with Gasteiger partial charge in [-0.05, 0) is 42.9 Å². The standard InChI is InChI=1S/C25H39N7O8/c1-13(2)10-17(22(37)32-19(24(39)40)12-20(34)35)31-23(38)18(11-14-5-7-15(33)8-6-14)30-21(36)16(26)4-3-9-29-25(27)28/h5-8,13,16-19,33H,3-4,9-12,26H2,1-2H3,(H,30,36)(H,31,38)(H,32,37)(H,34,35)(H,39,40)(H4,27,28,29). The lowest BCUT2D eigenvalue weighted by Gasteiger charge is -2.26. The first-order valence-electron chi connectivity index (χ1n) is 12.6. The largest absolute Gasteiger partial charge is 0.508 e. The number of carboxylic acid groups (broad SMARTS) is 2. The van der Waals surface area contributed by atoms with Gasteiger partial charge in [0.2, 0.25) is 17.7 Å². The summed E-state index contributed by atoms with van der Waals surface area (Å²) in [5.74, 6) is -5.47. The van der Waals surface area contributed by atoms with Crippen LogP contribution in [0.3, 0.4) is 0 Å². The lowest BCUT2D eigenvalue weighted by Crippen LogP contribution is -2.58. The number of amides is 3. The number of carboxylic acids is 2. The van der Waals surface area contributed by atoms with Gasteiger partial charge < -0.3 is 48.5 Å². The van der Waals surface area contributed by atoms with Crippen molar-refractivity contribution in [1.29, 1.82) is 0 Å². The van der Waals surface area contributed by atoms with E-state index in [-0.39, 0.29) is 43.4 Å². The van der Waals surface area contributed by atoms with Crippen molar-refractivity contribution >= 4 is 35.6 Å². The van der Waals surface area contributed by atoms with E-state index < -0.39 is 60.2 Å². The molecule has 15 nitrogen and oxygen atoms in total. The van der Waals surface area contributed by atoms with Gasteiger partial charge in [-0.25, -0.2) is 4.79 Å². The molecule has 0 heterocycles. The van der Waals surface area contributed by atoms with E-state index in [1.54, 1.807) is 26.0 Å². The highest BCUT2D eigenvalue weighted by molar-refractivity contribution is 5.94. The predicted octanol–water partition coefficient (Wildman–Crippen LogP) is -1.62. The summed E-state index contributed by atoms with van der Waals surface area (Å²) < 4.78 is 0. The molecule has 1 aromatic rings. The maximum atomic E-state index is 13.3. The Balaban J connectivity index is 3.10. The molecule has 0 aliphatic heterocycles. The molecule has 222 valence electrons. The number of phenols is 1. The number of hydrogen-bond acceptors (Lipinski definition) is 8. The summed E-state index contributed by atoms with van der Waals surface area (Å²) in [6.45, 7) is 3.80. The first-order chi connectivity index (χ1) is 18.7. The predicted molar refractivity (Wildman–Crippen MR) is 145 cm³/mol. The van der Waals surface area contributed by atoms with Gasteiger partial charge in [-0.15, -0.1) is 0 Å². The molecule has 12 N–H and O–H groups in total. The third-order valence-corrected chi connectivity index (χ3v) is 5.65. The van der Waals surface area contributed by atoms with Crippen molar-refractivity contribution in [2.24, 2.45) is 28.1 Å². The van der Waals surface area contributed by atoms with Crippen molar-refractivity contribution in [1.82, 2.24) is 16.0 Å². The molecule has 15 heteroatoms. The Bertz CT molecular complexity index is 1060. The Morgan fingerprint density at radius 3 is 1.95 bits per heavy atom. The third kappa shape index (κ3) is 12.9. The fourth-order valence-electron chi connectivity index (χ4n) is 3.63. The molecule has 40 heavy (non-hydrogen) atoms. The molecule has 0 fully saturated rings. The van der Waals surface area contributed by atoms with Gasteiger partial charge in [0.15, 0.2) is 5.96 Å². The van der Waals surface area contributed by atoms with Crippen LogP contribution >= 0.6 is 0 Å². The van der Waals surface area contributed by atoms with Crippen molar-refractivity contribution in [2.75, 3.05) is 6.54 Å². The van der Waals surface area contributed by atoms with E-state index in [0.717, 1.165) is 0 Å². The second-order valence-corrected chi connectivity index (χ2v) is 9.68. The number of benzene rings is 1. The fraction of sp³-hybridized carbons (Fsp3) is 0.520. The molecule has 1 rings (SSSR count). The lowest BCUT2D eigenvalue weighted by molar-refractivity contribution is -0.147. The van der Waals surface area contributed by atoms with Crippen LogP contribution in [-0.4, -0.2) is 81.7 Å². The number of hydrogen-bond donors (Lipinski definition) is 9. The van der Waals surface area contributed by atoms with Crippen LogP contribution in [0.1, 0.15) is 45.1 Å². The molecule has 0 aliphatic rings. The zero-order valence-electron chi connectivity index (χ0n) is 22.5. The summed E-state index contributed by atoms with van der Waals surface area (Å²) in [4.78, 5) is 65.3. The minimum absolute atomic E-state index is 0.000372. The average molecular weight is 566 g/mol. The second-order valence-electron chi connectivity index (χ2n) is 9.68. The number of guanidine groups is 1. The van der Waals surface area contributed by atoms with Crippen molar-refractivity contribution in [3.63, 3.8) is 0 Å². The highest BCUT2D eigenvalue weighted by Gasteiger charge is 2.31. The van der Waals surface area contributed by atoms with Gasteiger partial charge in [-0.2, -0.15) is 0 Å². The molecular formula is C25H39N7O8. The summed E-state index contributed by atoms with van der Waals surface area (Å²) in [5.41, 5.74) is 17.1. The first-order valence-corrected chi connectivity index (χ1v) is 12.6. The van der Waals surface area contributed by atoms with Crippen molar-refractivity contribution in [2.45, 2.75) is 70.1 Å². The van der Waals surface area contributed by atoms with Crippen LogP contribution in [0.25, 0.3) is 0 Å². The van der Waals surface area contributed by atoms with Crippen LogP contribution in [-0.2, 0) is 30.4 Å². The Hall–Kier alpha value is -4.40. The van der Waals surface area contributed by atoms with E-state index in [1.807, 2.05) is 0 Å². The molecule has 0 bridgehead atoms. The van der Waals surface area contributed by atoms with E-state index in [0.29, 0.717) is 12.0 Å². The highest BCUT2D eigenvalue weighted by Crippen LogP contribution is 2.13. The molecular weight excluding hydrogens is 526 g/mol. The number of aliphatic imine (C=N–C) groups is 1. The molecule has 0 saturated carbocycles. The third-order valence-electron chi connectivity index (χ3n) is 5.65. The van der Waals surface area contributed by atoms with E-state index in [2.05, 4.69) is 20.9 Å². The number of nitrogens with zero attached hydrogens (tertiary/aromatic N) is 1. The zero-order valence-corrected chi connectivity index (χ0v) is 22.5. The van der Waals surface area contributed by atoms with Crippen LogP contribution in [0.2, 0.25) is 0 Å². The minimum Gasteiger partial charge on any atom is -0.508 e. The highest BCUT2D eigenvalue weighted by atomic mass is 16.4. The molecule has 0 radical (unpaired) electrons. The van der Waals surface area contributed by atoms with Crippen molar-refractivity contribution in [3.8, 4) is 5.75 Å².